The highest BCUT2D eigenvalue weighted by Gasteiger charge is 2.18. The quantitative estimate of drug-likeness (QED) is 0.252. The van der Waals surface area contributed by atoms with Crippen LogP contribution in [-0.2, 0) is 16.6 Å². The number of carbonyl (C=O) groups excluding carboxylic acids is 1. The Morgan fingerprint density at radius 1 is 1.05 bits per heavy atom. The Morgan fingerprint density at radius 3 is 2.51 bits per heavy atom. The van der Waals surface area contributed by atoms with Gasteiger partial charge >= 0.3 is 5.69 Å². The molecular formula is C29H36N8O4. The molecule has 0 saturated heterocycles. The first-order valence-corrected chi connectivity index (χ1v) is 13.0. The summed E-state index contributed by atoms with van der Waals surface area (Å²) in [5.74, 6) is 0.904. The molecule has 4 rings (SSSR count). The molecule has 12 nitrogen and oxygen atoms in total. The second-order valence-electron chi connectivity index (χ2n) is 9.67. The van der Waals surface area contributed by atoms with Crippen LogP contribution in [0.3, 0.4) is 0 Å². The van der Waals surface area contributed by atoms with E-state index in [0.717, 1.165) is 29.8 Å². The minimum absolute atomic E-state index is 0.218. The second kappa shape index (κ2) is 13.1. The number of imidazole rings is 1. The molecule has 1 amide bonds. The van der Waals surface area contributed by atoms with Crippen molar-refractivity contribution in [3.63, 3.8) is 0 Å². The molecule has 0 unspecified atom stereocenters. The molecule has 216 valence electrons. The van der Waals surface area contributed by atoms with Crippen molar-refractivity contribution >= 4 is 40.0 Å². The lowest BCUT2D eigenvalue weighted by Crippen LogP contribution is -2.29. The van der Waals surface area contributed by atoms with Crippen LogP contribution in [-0.4, -0.2) is 85.0 Å². The number of ether oxygens (including phenoxy) is 2. The molecule has 2 aromatic heterocycles. The van der Waals surface area contributed by atoms with Crippen LogP contribution in [0.1, 0.15) is 0 Å². The number of hydrogen-bond acceptors (Lipinski definition) is 9. The summed E-state index contributed by atoms with van der Waals surface area (Å²) < 4.78 is 13.8. The molecule has 2 N–H and O–H groups in total. The van der Waals surface area contributed by atoms with E-state index in [2.05, 4.69) is 25.5 Å². The Morgan fingerprint density at radius 2 is 1.80 bits per heavy atom. The Kier molecular flexibility index (Phi) is 9.37. The van der Waals surface area contributed by atoms with Gasteiger partial charge in [-0.2, -0.15) is 4.98 Å². The molecule has 0 spiro atoms. The normalized spacial score (nSPS) is 11.4. The van der Waals surface area contributed by atoms with E-state index < -0.39 is 0 Å². The largest absolute Gasteiger partial charge is 0.494 e. The lowest BCUT2D eigenvalue weighted by molar-refractivity contribution is -0.111. The summed E-state index contributed by atoms with van der Waals surface area (Å²) in [5, 5.41) is 6.17. The van der Waals surface area contributed by atoms with E-state index in [0.29, 0.717) is 29.5 Å². The zero-order valence-electron chi connectivity index (χ0n) is 24.2. The average molecular weight is 561 g/mol. The van der Waals surface area contributed by atoms with Crippen molar-refractivity contribution in [2.24, 2.45) is 7.05 Å². The molecule has 4 aromatic rings. The highest BCUT2D eigenvalue weighted by Crippen LogP contribution is 2.38. The maximum Gasteiger partial charge on any atom is 0.334 e. The third-order valence-electron chi connectivity index (χ3n) is 6.48. The Hall–Kier alpha value is -4.68. The number of anilines is 4. The van der Waals surface area contributed by atoms with Gasteiger partial charge < -0.3 is 29.9 Å². The molecule has 0 aliphatic rings. The van der Waals surface area contributed by atoms with Gasteiger partial charge in [-0.05, 0) is 32.3 Å². The van der Waals surface area contributed by atoms with Crippen molar-refractivity contribution in [1.82, 2.24) is 24.0 Å². The maximum atomic E-state index is 13.1. The van der Waals surface area contributed by atoms with Crippen molar-refractivity contribution < 1.29 is 14.3 Å². The number of para-hydroxylation sites is 2. The number of nitrogens with zero attached hydrogens (tertiary/aromatic N) is 6. The summed E-state index contributed by atoms with van der Waals surface area (Å²) in [6.45, 7) is 1.86. The fraction of sp³-hybridized carbons (Fsp3) is 0.310. The van der Waals surface area contributed by atoms with E-state index >= 15 is 0 Å². The number of hydrogen-bond donors (Lipinski definition) is 2. The summed E-state index contributed by atoms with van der Waals surface area (Å²) >= 11 is 0. The number of amides is 1. The molecule has 41 heavy (non-hydrogen) atoms. The number of benzene rings is 2. The first kappa shape index (κ1) is 29.3. The fourth-order valence-corrected chi connectivity index (χ4v) is 4.32. The number of aromatic nitrogens is 4. The molecule has 0 atom stereocenters. The van der Waals surface area contributed by atoms with Crippen molar-refractivity contribution in [2.45, 2.75) is 0 Å². The van der Waals surface area contributed by atoms with E-state index in [1.807, 2.05) is 56.4 Å². The molecule has 0 aliphatic heterocycles. The third kappa shape index (κ3) is 6.73. The van der Waals surface area contributed by atoms with Gasteiger partial charge in [0.15, 0.2) is 0 Å². The summed E-state index contributed by atoms with van der Waals surface area (Å²) in [5.41, 5.74) is 3.20. The zero-order valence-corrected chi connectivity index (χ0v) is 24.2. The SMILES string of the molecule is COC/C=C/C(=O)Nc1cc(Nc2nccc(-n3c(=O)n(C)c4ccccc43)n2)c(OC)cc1N(C)CCN(C)C. The topological polar surface area (TPSA) is 119 Å². The van der Waals surface area contributed by atoms with E-state index in [1.165, 1.54) is 6.08 Å². The highest BCUT2D eigenvalue weighted by atomic mass is 16.5. The first-order chi connectivity index (χ1) is 19.7. The smallest absolute Gasteiger partial charge is 0.334 e. The Labute approximate surface area is 238 Å². The highest BCUT2D eigenvalue weighted by molar-refractivity contribution is 6.02. The molecule has 0 fully saturated rings. The summed E-state index contributed by atoms with van der Waals surface area (Å²) in [6.07, 6.45) is 4.65. The fourth-order valence-electron chi connectivity index (χ4n) is 4.32. The molecule has 0 radical (unpaired) electrons. The van der Waals surface area contributed by atoms with Gasteiger partial charge in [0.2, 0.25) is 11.9 Å². The number of aryl methyl sites for hydroxylation is 1. The van der Waals surface area contributed by atoms with Crippen LogP contribution in [0.15, 0.2) is 65.6 Å². The van der Waals surface area contributed by atoms with Crippen LogP contribution in [0.5, 0.6) is 5.75 Å². The van der Waals surface area contributed by atoms with Crippen LogP contribution >= 0.6 is 0 Å². The van der Waals surface area contributed by atoms with Gasteiger partial charge in [0.05, 0.1) is 41.8 Å². The molecular weight excluding hydrogens is 524 g/mol. The van der Waals surface area contributed by atoms with Crippen LogP contribution in [0.25, 0.3) is 16.9 Å². The van der Waals surface area contributed by atoms with Crippen molar-refractivity contribution in [2.75, 3.05) is 70.6 Å². The van der Waals surface area contributed by atoms with Gasteiger partial charge in [-0.25, -0.2) is 14.3 Å². The monoisotopic (exact) mass is 560 g/mol. The average Bonchev–Trinajstić information content (AvgIpc) is 3.21. The van der Waals surface area contributed by atoms with Crippen LogP contribution in [0.2, 0.25) is 0 Å². The Balaban J connectivity index is 1.72. The number of rotatable bonds is 12. The van der Waals surface area contributed by atoms with Crippen molar-refractivity contribution in [3.8, 4) is 11.6 Å². The number of nitrogens with one attached hydrogen (secondary N) is 2. The molecule has 0 aliphatic carbocycles. The van der Waals surface area contributed by atoms with E-state index in [9.17, 15) is 9.59 Å². The van der Waals surface area contributed by atoms with Crippen molar-refractivity contribution in [1.29, 1.82) is 0 Å². The molecule has 0 saturated carbocycles. The van der Waals surface area contributed by atoms with E-state index in [4.69, 9.17) is 9.47 Å². The van der Waals surface area contributed by atoms with Gasteiger partial charge in [0.1, 0.15) is 11.6 Å². The van der Waals surface area contributed by atoms with Crippen LogP contribution in [0.4, 0.5) is 23.0 Å². The lowest BCUT2D eigenvalue weighted by atomic mass is 10.2. The summed E-state index contributed by atoms with van der Waals surface area (Å²) in [7, 11) is 10.8. The van der Waals surface area contributed by atoms with Crippen LogP contribution in [0, 0.1) is 0 Å². The van der Waals surface area contributed by atoms with Crippen molar-refractivity contribution in [3.05, 3.63) is 71.3 Å². The van der Waals surface area contributed by atoms with Gasteiger partial charge in [0, 0.05) is 58.7 Å². The lowest BCUT2D eigenvalue weighted by Gasteiger charge is -2.26. The first-order valence-electron chi connectivity index (χ1n) is 13.0. The molecule has 0 bridgehead atoms. The molecule has 2 heterocycles. The predicted octanol–water partition coefficient (Wildman–Crippen LogP) is 3.01. The van der Waals surface area contributed by atoms with Gasteiger partial charge in [0.25, 0.3) is 0 Å². The summed E-state index contributed by atoms with van der Waals surface area (Å²) in [4.78, 5) is 38.9. The molecule has 12 heteroatoms. The number of methoxy groups -OCH3 is 2. The third-order valence-corrected chi connectivity index (χ3v) is 6.48. The maximum absolute atomic E-state index is 13.1. The number of carbonyl (C=O) groups is 1. The minimum atomic E-state index is -0.297. The number of likely N-dealkylation sites (N-methyl/N-ethyl adjacent to an activating group) is 2. The van der Waals surface area contributed by atoms with E-state index in [-0.39, 0.29) is 17.5 Å². The molecule has 2 aromatic carbocycles. The zero-order chi connectivity index (χ0) is 29.5. The van der Waals surface area contributed by atoms with Crippen LogP contribution < -0.4 is 26.0 Å². The predicted molar refractivity (Wildman–Crippen MR) is 162 cm³/mol. The standard InChI is InChI=1S/C29H36N8O4/c1-34(2)15-16-35(3)24-19-25(41-6)21(18-20(24)31-27(38)12-9-17-40-5)32-28-30-14-13-26(33-28)37-23-11-8-7-10-22(23)36(4)29(37)39/h7-14,18-19H,15-17H2,1-6H3,(H,31,38)(H,30,32,33)/b12-9+. The van der Waals surface area contributed by atoms with Gasteiger partial charge in [-0.1, -0.05) is 18.2 Å². The van der Waals surface area contributed by atoms with E-state index in [1.54, 1.807) is 54.8 Å². The van der Waals surface area contributed by atoms with Gasteiger partial charge in [-0.3, -0.25) is 9.36 Å². The Bertz CT molecular complexity index is 1610. The van der Waals surface area contributed by atoms with Gasteiger partial charge in [-0.15, -0.1) is 0 Å². The number of fused-ring (bicyclic) bond motifs is 1. The summed E-state index contributed by atoms with van der Waals surface area (Å²) in [6, 6.07) is 12.8. The minimum Gasteiger partial charge on any atom is -0.494 e. The second-order valence-corrected chi connectivity index (χ2v) is 9.67.